The number of fused-ring (bicyclic) bond motifs is 1. The highest BCUT2D eigenvalue weighted by molar-refractivity contribution is 7.13. The minimum Gasteiger partial charge on any atom is -0.350 e. The number of carbonyl (C=O) groups is 1. The minimum atomic E-state index is -0.150. The molecule has 0 bridgehead atoms. The van der Waals surface area contributed by atoms with Crippen molar-refractivity contribution in [3.63, 3.8) is 0 Å². The Bertz CT molecular complexity index is 1020. The molecule has 1 aromatic carbocycles. The SMILES string of the molecule is Cc1ccc(-c2nc(C(=O)NCCc3cn4ccccc4n3)cs2)cc1. The van der Waals surface area contributed by atoms with E-state index in [0.717, 1.165) is 21.9 Å². The van der Waals surface area contributed by atoms with E-state index >= 15 is 0 Å². The first-order valence-electron chi connectivity index (χ1n) is 8.42. The van der Waals surface area contributed by atoms with Gasteiger partial charge < -0.3 is 9.72 Å². The molecule has 3 heterocycles. The number of imidazole rings is 1. The molecule has 0 aliphatic carbocycles. The summed E-state index contributed by atoms with van der Waals surface area (Å²) in [5, 5.41) is 5.58. The zero-order chi connectivity index (χ0) is 17.9. The van der Waals surface area contributed by atoms with Crippen molar-refractivity contribution < 1.29 is 4.79 Å². The molecule has 5 nitrogen and oxygen atoms in total. The lowest BCUT2D eigenvalue weighted by molar-refractivity contribution is 0.0950. The molecule has 130 valence electrons. The number of benzene rings is 1. The zero-order valence-electron chi connectivity index (χ0n) is 14.3. The van der Waals surface area contributed by atoms with Crippen molar-refractivity contribution in [3.05, 3.63) is 77.2 Å². The number of pyridine rings is 1. The van der Waals surface area contributed by atoms with E-state index in [0.29, 0.717) is 18.7 Å². The van der Waals surface area contributed by atoms with Crippen molar-refractivity contribution in [1.82, 2.24) is 19.7 Å². The minimum absolute atomic E-state index is 0.150. The van der Waals surface area contributed by atoms with E-state index in [9.17, 15) is 4.79 Å². The van der Waals surface area contributed by atoms with Gasteiger partial charge in [0, 0.05) is 36.3 Å². The van der Waals surface area contributed by atoms with Gasteiger partial charge in [-0.2, -0.15) is 0 Å². The van der Waals surface area contributed by atoms with Gasteiger partial charge in [0.25, 0.3) is 5.91 Å². The first kappa shape index (κ1) is 16.5. The lowest BCUT2D eigenvalue weighted by Gasteiger charge is -2.01. The first-order chi connectivity index (χ1) is 12.7. The fraction of sp³-hybridized carbons (Fsp3) is 0.150. The Kier molecular flexibility index (Phi) is 4.50. The van der Waals surface area contributed by atoms with Crippen LogP contribution in [0, 0.1) is 6.92 Å². The Morgan fingerprint density at radius 1 is 1.15 bits per heavy atom. The third kappa shape index (κ3) is 3.50. The molecular formula is C20H18N4OS. The Labute approximate surface area is 155 Å². The Morgan fingerprint density at radius 3 is 2.81 bits per heavy atom. The molecule has 0 spiro atoms. The monoisotopic (exact) mass is 362 g/mol. The third-order valence-corrected chi connectivity index (χ3v) is 5.01. The number of nitrogens with one attached hydrogen (secondary N) is 1. The predicted octanol–water partition coefficient (Wildman–Crippen LogP) is 3.74. The van der Waals surface area contributed by atoms with E-state index in [1.807, 2.05) is 66.2 Å². The van der Waals surface area contributed by atoms with Crippen molar-refractivity contribution in [1.29, 1.82) is 0 Å². The second kappa shape index (κ2) is 7.09. The van der Waals surface area contributed by atoms with E-state index in [4.69, 9.17) is 0 Å². The van der Waals surface area contributed by atoms with Gasteiger partial charge in [-0.3, -0.25) is 4.79 Å². The molecule has 0 radical (unpaired) electrons. The molecule has 4 rings (SSSR count). The van der Waals surface area contributed by atoms with E-state index in [-0.39, 0.29) is 5.91 Å². The number of rotatable bonds is 5. The number of carbonyl (C=O) groups excluding carboxylic acids is 1. The fourth-order valence-corrected chi connectivity index (χ4v) is 3.52. The quantitative estimate of drug-likeness (QED) is 0.588. The van der Waals surface area contributed by atoms with Crippen molar-refractivity contribution in [2.75, 3.05) is 6.54 Å². The van der Waals surface area contributed by atoms with Crippen LogP contribution in [0.3, 0.4) is 0 Å². The van der Waals surface area contributed by atoms with Crippen LogP contribution in [0.2, 0.25) is 0 Å². The maximum atomic E-state index is 12.3. The first-order valence-corrected chi connectivity index (χ1v) is 9.30. The number of aromatic nitrogens is 3. The molecule has 0 aliphatic heterocycles. The molecule has 3 aromatic heterocycles. The van der Waals surface area contributed by atoms with Gasteiger partial charge >= 0.3 is 0 Å². The van der Waals surface area contributed by atoms with Gasteiger partial charge in [-0.15, -0.1) is 11.3 Å². The average Bonchev–Trinajstić information content (AvgIpc) is 3.29. The molecular weight excluding hydrogens is 344 g/mol. The second-order valence-electron chi connectivity index (χ2n) is 6.11. The van der Waals surface area contributed by atoms with Gasteiger partial charge in [0.15, 0.2) is 0 Å². The fourth-order valence-electron chi connectivity index (χ4n) is 2.71. The highest BCUT2D eigenvalue weighted by Gasteiger charge is 2.12. The molecule has 0 saturated carbocycles. The summed E-state index contributed by atoms with van der Waals surface area (Å²) in [6, 6.07) is 14.0. The van der Waals surface area contributed by atoms with E-state index in [1.165, 1.54) is 16.9 Å². The summed E-state index contributed by atoms with van der Waals surface area (Å²) in [4.78, 5) is 21.3. The zero-order valence-corrected chi connectivity index (χ0v) is 15.2. The molecule has 0 aliphatic rings. The molecule has 0 saturated heterocycles. The Morgan fingerprint density at radius 2 is 2.00 bits per heavy atom. The lowest BCUT2D eigenvalue weighted by Crippen LogP contribution is -2.26. The molecule has 1 N–H and O–H groups in total. The van der Waals surface area contributed by atoms with Crippen LogP contribution in [0.15, 0.2) is 60.2 Å². The lowest BCUT2D eigenvalue weighted by atomic mass is 10.2. The number of thiazole rings is 1. The van der Waals surface area contributed by atoms with Crippen LogP contribution in [-0.4, -0.2) is 26.8 Å². The van der Waals surface area contributed by atoms with Crippen LogP contribution in [0.1, 0.15) is 21.7 Å². The summed E-state index contributed by atoms with van der Waals surface area (Å²) >= 11 is 1.48. The molecule has 0 atom stereocenters. The Balaban J connectivity index is 1.37. The van der Waals surface area contributed by atoms with Gasteiger partial charge in [0.2, 0.25) is 0 Å². The van der Waals surface area contributed by atoms with Crippen LogP contribution in [-0.2, 0) is 6.42 Å². The highest BCUT2D eigenvalue weighted by Crippen LogP contribution is 2.23. The number of hydrogen-bond donors (Lipinski definition) is 1. The number of aryl methyl sites for hydroxylation is 1. The third-order valence-electron chi connectivity index (χ3n) is 4.12. The molecule has 0 unspecified atom stereocenters. The van der Waals surface area contributed by atoms with Crippen molar-refractivity contribution in [3.8, 4) is 10.6 Å². The smallest absolute Gasteiger partial charge is 0.270 e. The van der Waals surface area contributed by atoms with Crippen LogP contribution >= 0.6 is 11.3 Å². The van der Waals surface area contributed by atoms with Gasteiger partial charge in [0.1, 0.15) is 16.3 Å². The van der Waals surface area contributed by atoms with E-state index in [1.54, 1.807) is 5.38 Å². The molecule has 6 heteroatoms. The van der Waals surface area contributed by atoms with Crippen molar-refractivity contribution >= 4 is 22.9 Å². The van der Waals surface area contributed by atoms with Crippen LogP contribution in [0.5, 0.6) is 0 Å². The van der Waals surface area contributed by atoms with Gasteiger partial charge in [-0.1, -0.05) is 35.9 Å². The molecule has 26 heavy (non-hydrogen) atoms. The largest absolute Gasteiger partial charge is 0.350 e. The molecule has 4 aromatic rings. The molecule has 1 amide bonds. The maximum Gasteiger partial charge on any atom is 0.270 e. The number of hydrogen-bond acceptors (Lipinski definition) is 4. The van der Waals surface area contributed by atoms with Crippen molar-refractivity contribution in [2.45, 2.75) is 13.3 Å². The van der Waals surface area contributed by atoms with Crippen molar-refractivity contribution in [2.24, 2.45) is 0 Å². The second-order valence-corrected chi connectivity index (χ2v) is 6.97. The highest BCUT2D eigenvalue weighted by atomic mass is 32.1. The number of amides is 1. The van der Waals surface area contributed by atoms with Crippen LogP contribution in [0.25, 0.3) is 16.2 Å². The predicted molar refractivity (Wildman–Crippen MR) is 104 cm³/mol. The summed E-state index contributed by atoms with van der Waals surface area (Å²) < 4.78 is 1.98. The standard InChI is InChI=1S/C20H18N4OS/c1-14-5-7-15(8-6-14)20-23-17(13-26-20)19(25)21-10-9-16-12-24-11-3-2-4-18(24)22-16/h2-8,11-13H,9-10H2,1H3,(H,21,25). The maximum absolute atomic E-state index is 12.3. The summed E-state index contributed by atoms with van der Waals surface area (Å²) in [5.41, 5.74) is 4.56. The normalized spacial score (nSPS) is 11.0. The summed E-state index contributed by atoms with van der Waals surface area (Å²) in [5.74, 6) is -0.150. The Hall–Kier alpha value is -2.99. The molecule has 0 fully saturated rings. The van der Waals surface area contributed by atoms with Gasteiger partial charge in [-0.25, -0.2) is 9.97 Å². The average molecular weight is 362 g/mol. The number of nitrogens with zero attached hydrogens (tertiary/aromatic N) is 3. The summed E-state index contributed by atoms with van der Waals surface area (Å²) in [7, 11) is 0. The van der Waals surface area contributed by atoms with Gasteiger partial charge in [0.05, 0.1) is 5.69 Å². The van der Waals surface area contributed by atoms with Crippen LogP contribution < -0.4 is 5.32 Å². The van der Waals surface area contributed by atoms with E-state index in [2.05, 4.69) is 15.3 Å². The van der Waals surface area contributed by atoms with Gasteiger partial charge in [-0.05, 0) is 19.1 Å². The van der Waals surface area contributed by atoms with E-state index < -0.39 is 0 Å². The summed E-state index contributed by atoms with van der Waals surface area (Å²) in [6.45, 7) is 2.58. The summed E-state index contributed by atoms with van der Waals surface area (Å²) in [6.07, 6.45) is 4.63. The van der Waals surface area contributed by atoms with Crippen LogP contribution in [0.4, 0.5) is 0 Å². The topological polar surface area (TPSA) is 59.3 Å².